The van der Waals surface area contributed by atoms with Gasteiger partial charge in [-0.05, 0) is 50.4 Å². The van der Waals surface area contributed by atoms with Crippen molar-refractivity contribution in [3.8, 4) is 0 Å². The lowest BCUT2D eigenvalue weighted by Crippen LogP contribution is -2.47. The number of aromatic nitrogens is 2. The van der Waals surface area contributed by atoms with E-state index in [-0.39, 0.29) is 17.8 Å². The molecule has 1 aromatic carbocycles. The number of halogens is 1. The summed E-state index contributed by atoms with van der Waals surface area (Å²) >= 11 is 0. The second-order valence-corrected chi connectivity index (χ2v) is 9.98. The van der Waals surface area contributed by atoms with Gasteiger partial charge in [0.05, 0.1) is 0 Å². The Labute approximate surface area is 214 Å². The third kappa shape index (κ3) is 8.05. The molecule has 4 rings (SSSR count). The van der Waals surface area contributed by atoms with Gasteiger partial charge < -0.3 is 20.9 Å². The maximum atomic E-state index is 13.7. The molecule has 1 atom stereocenters. The Bertz CT molecular complexity index is 967. The molecule has 1 amide bonds. The van der Waals surface area contributed by atoms with Gasteiger partial charge in [0.1, 0.15) is 23.8 Å². The standard InChI is InChI=1S/C27H40FN7O/c28-22-8-6-10-24(18-22)35-13-7-9-23(20-35)32-26-19-27(31-21-30-26)34-16-14-33(15-17-34)12-5-3-1-2-4-11-25(29)36/h6,8,10,18-19,21,23H,1-5,7,9,11-17,20H2,(H2,29,36)(H,30,31,32)/t23-/m1/s1. The van der Waals surface area contributed by atoms with Crippen molar-refractivity contribution in [3.63, 3.8) is 0 Å². The van der Waals surface area contributed by atoms with Crippen molar-refractivity contribution in [3.05, 3.63) is 42.5 Å². The third-order valence-corrected chi connectivity index (χ3v) is 7.19. The van der Waals surface area contributed by atoms with Crippen molar-refractivity contribution < 1.29 is 9.18 Å². The fourth-order valence-electron chi connectivity index (χ4n) is 5.18. The van der Waals surface area contributed by atoms with Gasteiger partial charge in [0.25, 0.3) is 0 Å². The minimum Gasteiger partial charge on any atom is -0.370 e. The smallest absolute Gasteiger partial charge is 0.217 e. The average molecular weight is 498 g/mol. The van der Waals surface area contributed by atoms with Crippen LogP contribution in [0.3, 0.4) is 0 Å². The fraction of sp³-hybridized carbons (Fsp3) is 0.593. The van der Waals surface area contributed by atoms with E-state index in [2.05, 4.69) is 36.1 Å². The van der Waals surface area contributed by atoms with Gasteiger partial charge in [-0.1, -0.05) is 25.3 Å². The third-order valence-electron chi connectivity index (χ3n) is 7.19. The Morgan fingerprint density at radius 3 is 2.61 bits per heavy atom. The number of nitrogens with two attached hydrogens (primary N) is 1. The monoisotopic (exact) mass is 497 g/mol. The number of amides is 1. The Morgan fingerprint density at radius 1 is 1.00 bits per heavy atom. The predicted octanol–water partition coefficient (Wildman–Crippen LogP) is 3.64. The van der Waals surface area contributed by atoms with Gasteiger partial charge in [-0.2, -0.15) is 0 Å². The van der Waals surface area contributed by atoms with E-state index in [9.17, 15) is 9.18 Å². The zero-order valence-corrected chi connectivity index (χ0v) is 21.2. The normalized spacial score (nSPS) is 18.9. The molecule has 2 fully saturated rings. The van der Waals surface area contributed by atoms with E-state index in [0.29, 0.717) is 6.42 Å². The summed E-state index contributed by atoms with van der Waals surface area (Å²) in [5, 5.41) is 3.59. The molecule has 3 heterocycles. The lowest BCUT2D eigenvalue weighted by molar-refractivity contribution is -0.118. The topological polar surface area (TPSA) is 90.6 Å². The number of unbranched alkanes of at least 4 members (excludes halogenated alkanes) is 4. The van der Waals surface area contributed by atoms with Crippen LogP contribution in [0.5, 0.6) is 0 Å². The molecule has 3 N–H and O–H groups in total. The van der Waals surface area contributed by atoms with Crippen LogP contribution in [-0.4, -0.2) is 72.6 Å². The van der Waals surface area contributed by atoms with Crippen LogP contribution in [0, 0.1) is 5.82 Å². The highest BCUT2D eigenvalue weighted by Crippen LogP contribution is 2.23. The van der Waals surface area contributed by atoms with Gasteiger partial charge in [-0.25, -0.2) is 14.4 Å². The molecule has 0 saturated carbocycles. The Kier molecular flexibility index (Phi) is 9.72. The predicted molar refractivity (Wildman–Crippen MR) is 143 cm³/mol. The average Bonchev–Trinajstić information content (AvgIpc) is 2.89. The SMILES string of the molecule is NC(=O)CCCCCCCN1CCN(c2cc(N[C@@H]3CCCN(c4cccc(F)c4)C3)ncn2)CC1. The molecule has 8 nitrogen and oxygen atoms in total. The van der Waals surface area contributed by atoms with E-state index >= 15 is 0 Å². The lowest BCUT2D eigenvalue weighted by Gasteiger charge is -2.36. The van der Waals surface area contributed by atoms with Gasteiger partial charge in [-0.15, -0.1) is 0 Å². The maximum Gasteiger partial charge on any atom is 0.217 e. The van der Waals surface area contributed by atoms with E-state index in [0.717, 1.165) is 88.8 Å². The molecule has 0 radical (unpaired) electrons. The van der Waals surface area contributed by atoms with E-state index in [1.165, 1.54) is 25.3 Å². The molecule has 0 aliphatic carbocycles. The molecule has 0 unspecified atom stereocenters. The highest BCUT2D eigenvalue weighted by molar-refractivity contribution is 5.73. The summed E-state index contributed by atoms with van der Waals surface area (Å²) in [4.78, 5) is 26.9. The van der Waals surface area contributed by atoms with Crippen LogP contribution in [0.15, 0.2) is 36.7 Å². The number of nitrogens with zero attached hydrogens (tertiary/aromatic N) is 5. The molecule has 36 heavy (non-hydrogen) atoms. The molecule has 1 aromatic heterocycles. The van der Waals surface area contributed by atoms with Crippen LogP contribution in [0.4, 0.5) is 21.7 Å². The minimum atomic E-state index is -0.194. The van der Waals surface area contributed by atoms with Crippen molar-refractivity contribution in [2.24, 2.45) is 5.73 Å². The van der Waals surface area contributed by atoms with Gasteiger partial charge in [0, 0.05) is 63.5 Å². The number of hydrogen-bond acceptors (Lipinski definition) is 7. The minimum absolute atomic E-state index is 0.194. The number of rotatable bonds is 12. The summed E-state index contributed by atoms with van der Waals surface area (Å²) < 4.78 is 13.7. The number of piperazine rings is 1. The van der Waals surface area contributed by atoms with Crippen LogP contribution in [0.25, 0.3) is 0 Å². The quantitative estimate of drug-likeness (QED) is 0.433. The summed E-state index contributed by atoms with van der Waals surface area (Å²) in [6.45, 7) is 6.91. The summed E-state index contributed by atoms with van der Waals surface area (Å²) in [5.74, 6) is 1.44. The number of benzene rings is 1. The zero-order valence-electron chi connectivity index (χ0n) is 21.2. The summed E-state index contributed by atoms with van der Waals surface area (Å²) in [6, 6.07) is 9.16. The van der Waals surface area contributed by atoms with Crippen LogP contribution >= 0.6 is 0 Å². The van der Waals surface area contributed by atoms with Crippen molar-refractivity contribution in [2.45, 2.75) is 57.4 Å². The fourth-order valence-corrected chi connectivity index (χ4v) is 5.18. The number of carbonyl (C=O) groups is 1. The summed E-state index contributed by atoms with van der Waals surface area (Å²) in [5.41, 5.74) is 6.13. The van der Waals surface area contributed by atoms with Crippen molar-refractivity contribution >= 4 is 23.2 Å². The molecule has 0 spiro atoms. The number of anilines is 3. The lowest BCUT2D eigenvalue weighted by atomic mass is 10.0. The number of piperidine rings is 1. The molecule has 9 heteroatoms. The molecular formula is C27H40FN7O. The second kappa shape index (κ2) is 13.4. The number of primary amides is 1. The van der Waals surface area contributed by atoms with Crippen molar-refractivity contribution in [1.82, 2.24) is 14.9 Å². The van der Waals surface area contributed by atoms with Crippen LogP contribution in [0.1, 0.15) is 51.4 Å². The zero-order chi connectivity index (χ0) is 25.2. The van der Waals surface area contributed by atoms with Crippen LogP contribution in [0.2, 0.25) is 0 Å². The highest BCUT2D eigenvalue weighted by Gasteiger charge is 2.22. The highest BCUT2D eigenvalue weighted by atomic mass is 19.1. The first kappa shape index (κ1) is 26.1. The molecular weight excluding hydrogens is 457 g/mol. The largest absolute Gasteiger partial charge is 0.370 e. The molecule has 2 aromatic rings. The van der Waals surface area contributed by atoms with E-state index in [4.69, 9.17) is 5.73 Å². The van der Waals surface area contributed by atoms with E-state index < -0.39 is 0 Å². The number of hydrogen-bond donors (Lipinski definition) is 2. The van der Waals surface area contributed by atoms with Gasteiger partial charge in [0.15, 0.2) is 0 Å². The van der Waals surface area contributed by atoms with Crippen molar-refractivity contribution in [1.29, 1.82) is 0 Å². The first-order valence-electron chi connectivity index (χ1n) is 13.4. The van der Waals surface area contributed by atoms with Crippen LogP contribution in [-0.2, 0) is 4.79 Å². The molecule has 196 valence electrons. The Hall–Kier alpha value is -2.94. The molecule has 2 aliphatic heterocycles. The van der Waals surface area contributed by atoms with E-state index in [1.54, 1.807) is 18.5 Å². The molecule has 2 aliphatic rings. The van der Waals surface area contributed by atoms with Gasteiger partial charge in [-0.3, -0.25) is 9.69 Å². The molecule has 2 saturated heterocycles. The van der Waals surface area contributed by atoms with E-state index in [1.807, 2.05) is 6.07 Å². The summed E-state index contributed by atoms with van der Waals surface area (Å²) in [6.07, 6.45) is 9.86. The first-order chi connectivity index (χ1) is 17.6. The Balaban J connectivity index is 1.19. The van der Waals surface area contributed by atoms with Crippen molar-refractivity contribution in [2.75, 3.05) is 60.9 Å². The first-order valence-corrected chi connectivity index (χ1v) is 13.4. The van der Waals surface area contributed by atoms with Crippen LogP contribution < -0.4 is 20.9 Å². The van der Waals surface area contributed by atoms with Gasteiger partial charge >= 0.3 is 0 Å². The Morgan fingerprint density at radius 2 is 1.81 bits per heavy atom. The summed E-state index contributed by atoms with van der Waals surface area (Å²) in [7, 11) is 0. The molecule has 0 bridgehead atoms. The number of nitrogens with one attached hydrogen (secondary N) is 1. The number of carbonyl (C=O) groups excluding carboxylic acids is 1. The maximum absolute atomic E-state index is 13.7. The van der Waals surface area contributed by atoms with Gasteiger partial charge in [0.2, 0.25) is 5.91 Å². The second-order valence-electron chi connectivity index (χ2n) is 9.98.